The van der Waals surface area contributed by atoms with Gasteiger partial charge in [0, 0.05) is 19.3 Å². The van der Waals surface area contributed by atoms with Crippen molar-refractivity contribution < 1.29 is 20.4 Å². The minimum atomic E-state index is 0.0544. The van der Waals surface area contributed by atoms with E-state index in [9.17, 15) is 10.2 Å². The van der Waals surface area contributed by atoms with Crippen LogP contribution in [-0.4, -0.2) is 33.6 Å². The Balaban J connectivity index is 2.83. The number of aryl methyl sites for hydroxylation is 2. The first-order chi connectivity index (χ1) is 7.69. The fraction of sp³-hybridized carbons (Fsp3) is 0.500. The molecule has 4 N–H and O–H groups in total. The maximum atomic E-state index is 9.58. The zero-order valence-corrected chi connectivity index (χ0v) is 9.19. The number of hydrogen-bond donors (Lipinski definition) is 4. The first kappa shape index (κ1) is 12.8. The molecule has 1 rings (SSSR count). The molecule has 0 saturated heterocycles. The Morgan fingerprint density at radius 3 is 1.56 bits per heavy atom. The molecule has 0 radical (unpaired) electrons. The largest absolute Gasteiger partial charge is 0.508 e. The van der Waals surface area contributed by atoms with Crippen molar-refractivity contribution in [2.75, 3.05) is 13.2 Å². The van der Waals surface area contributed by atoms with Crippen LogP contribution in [0.3, 0.4) is 0 Å². The molecule has 1 aromatic carbocycles. The highest BCUT2D eigenvalue weighted by Crippen LogP contribution is 2.29. The Hall–Kier alpha value is -1.26. The Kier molecular flexibility index (Phi) is 5.08. The second-order valence-corrected chi connectivity index (χ2v) is 3.76. The first-order valence-corrected chi connectivity index (χ1v) is 5.44. The van der Waals surface area contributed by atoms with Crippen LogP contribution in [0.1, 0.15) is 24.0 Å². The summed E-state index contributed by atoms with van der Waals surface area (Å²) in [6, 6.07) is 3.05. The molecule has 0 atom stereocenters. The van der Waals surface area contributed by atoms with Gasteiger partial charge in [0.05, 0.1) is 0 Å². The molecule has 4 nitrogen and oxygen atoms in total. The molecule has 0 spiro atoms. The summed E-state index contributed by atoms with van der Waals surface area (Å²) in [6.07, 6.45) is 2.32. The van der Waals surface area contributed by atoms with E-state index in [-0.39, 0.29) is 24.7 Å². The molecule has 0 unspecified atom stereocenters. The van der Waals surface area contributed by atoms with Gasteiger partial charge in [-0.15, -0.1) is 0 Å². The van der Waals surface area contributed by atoms with Crippen molar-refractivity contribution in [3.8, 4) is 11.5 Å². The fourth-order valence-corrected chi connectivity index (χ4v) is 1.61. The van der Waals surface area contributed by atoms with Gasteiger partial charge in [-0.1, -0.05) is 0 Å². The highest BCUT2D eigenvalue weighted by Gasteiger charge is 2.08. The van der Waals surface area contributed by atoms with E-state index in [2.05, 4.69) is 0 Å². The van der Waals surface area contributed by atoms with Gasteiger partial charge in [0.1, 0.15) is 11.5 Å². The molecule has 0 heterocycles. The van der Waals surface area contributed by atoms with E-state index in [1.165, 1.54) is 6.07 Å². The topological polar surface area (TPSA) is 80.9 Å². The van der Waals surface area contributed by atoms with Crippen molar-refractivity contribution in [3.63, 3.8) is 0 Å². The van der Waals surface area contributed by atoms with Crippen LogP contribution in [0.2, 0.25) is 0 Å². The number of rotatable bonds is 6. The molecule has 0 aliphatic heterocycles. The summed E-state index contributed by atoms with van der Waals surface area (Å²) in [4.78, 5) is 0. The van der Waals surface area contributed by atoms with Gasteiger partial charge in [0.15, 0.2) is 0 Å². The van der Waals surface area contributed by atoms with Crippen LogP contribution in [0, 0.1) is 0 Å². The smallest absolute Gasteiger partial charge is 0.122 e. The molecule has 4 heteroatoms. The Morgan fingerprint density at radius 2 is 1.19 bits per heavy atom. The quantitative estimate of drug-likeness (QED) is 0.582. The van der Waals surface area contributed by atoms with E-state index in [1.807, 2.05) is 0 Å². The lowest BCUT2D eigenvalue weighted by molar-refractivity contribution is 0.287. The molecule has 0 saturated carbocycles. The van der Waals surface area contributed by atoms with Gasteiger partial charge in [-0.05, 0) is 42.9 Å². The third-order valence-electron chi connectivity index (χ3n) is 2.49. The van der Waals surface area contributed by atoms with Crippen molar-refractivity contribution in [2.24, 2.45) is 0 Å². The second-order valence-electron chi connectivity index (χ2n) is 3.76. The normalized spacial score (nSPS) is 10.6. The molecule has 0 bridgehead atoms. The molecule has 0 aliphatic rings. The van der Waals surface area contributed by atoms with E-state index in [1.54, 1.807) is 6.07 Å². The van der Waals surface area contributed by atoms with Crippen molar-refractivity contribution in [1.82, 2.24) is 0 Å². The molecule has 0 amide bonds. The van der Waals surface area contributed by atoms with Gasteiger partial charge in [-0.25, -0.2) is 0 Å². The van der Waals surface area contributed by atoms with Gasteiger partial charge in [0.25, 0.3) is 0 Å². The van der Waals surface area contributed by atoms with Crippen molar-refractivity contribution in [2.45, 2.75) is 25.7 Å². The monoisotopic (exact) mass is 226 g/mol. The van der Waals surface area contributed by atoms with Gasteiger partial charge < -0.3 is 20.4 Å². The molecular formula is C12H18O4. The molecule has 0 fully saturated rings. The molecule has 0 aromatic heterocycles. The maximum Gasteiger partial charge on any atom is 0.122 e. The van der Waals surface area contributed by atoms with Gasteiger partial charge >= 0.3 is 0 Å². The number of phenols is 2. The summed E-state index contributed by atoms with van der Waals surface area (Å²) < 4.78 is 0. The zero-order chi connectivity index (χ0) is 12.0. The third-order valence-corrected chi connectivity index (χ3v) is 2.49. The van der Waals surface area contributed by atoms with Crippen molar-refractivity contribution in [3.05, 3.63) is 23.3 Å². The van der Waals surface area contributed by atoms with Gasteiger partial charge in [-0.3, -0.25) is 0 Å². The number of phenolic OH excluding ortho intramolecular Hbond substituents is 2. The Morgan fingerprint density at radius 1 is 0.750 bits per heavy atom. The van der Waals surface area contributed by atoms with E-state index < -0.39 is 0 Å². The minimum Gasteiger partial charge on any atom is -0.508 e. The number of aliphatic hydroxyl groups excluding tert-OH is 2. The predicted octanol–water partition coefficient (Wildman–Crippen LogP) is 0.948. The van der Waals surface area contributed by atoms with E-state index >= 15 is 0 Å². The lowest BCUT2D eigenvalue weighted by Crippen LogP contribution is -1.95. The molecule has 16 heavy (non-hydrogen) atoms. The number of benzene rings is 1. The summed E-state index contributed by atoms with van der Waals surface area (Å²) in [5.74, 6) is 0.109. The number of aromatic hydroxyl groups is 2. The van der Waals surface area contributed by atoms with Crippen LogP contribution in [-0.2, 0) is 12.8 Å². The van der Waals surface area contributed by atoms with Crippen LogP contribution >= 0.6 is 0 Å². The average Bonchev–Trinajstić information content (AvgIpc) is 2.26. The summed E-state index contributed by atoms with van der Waals surface area (Å²) in [5, 5.41) is 36.6. The maximum absolute atomic E-state index is 9.58. The molecule has 90 valence electrons. The van der Waals surface area contributed by atoms with E-state index in [4.69, 9.17) is 10.2 Å². The van der Waals surface area contributed by atoms with Crippen LogP contribution in [0.4, 0.5) is 0 Å². The fourth-order valence-electron chi connectivity index (χ4n) is 1.61. The minimum absolute atomic E-state index is 0.0544. The van der Waals surface area contributed by atoms with Gasteiger partial charge in [0.2, 0.25) is 0 Å². The van der Waals surface area contributed by atoms with E-state index in [0.29, 0.717) is 25.7 Å². The third kappa shape index (κ3) is 3.40. The van der Waals surface area contributed by atoms with Crippen molar-refractivity contribution in [1.29, 1.82) is 0 Å². The van der Waals surface area contributed by atoms with Gasteiger partial charge in [-0.2, -0.15) is 0 Å². The zero-order valence-electron chi connectivity index (χ0n) is 9.19. The average molecular weight is 226 g/mol. The summed E-state index contributed by atoms with van der Waals surface area (Å²) in [6.45, 7) is 0.151. The summed E-state index contributed by atoms with van der Waals surface area (Å²) in [5.41, 5.74) is 1.44. The molecule has 0 aliphatic carbocycles. The van der Waals surface area contributed by atoms with Crippen molar-refractivity contribution >= 4 is 0 Å². The van der Waals surface area contributed by atoms with Crippen LogP contribution < -0.4 is 0 Å². The SMILES string of the molecule is OCCCc1cc(CCCO)c(O)cc1O. The standard InChI is InChI=1S/C12H18O4/c13-5-1-3-9-7-10(4-2-6-14)12(16)8-11(9)15/h7-8,13-16H,1-6H2. The highest BCUT2D eigenvalue weighted by atomic mass is 16.3. The second kappa shape index (κ2) is 6.35. The number of hydrogen-bond acceptors (Lipinski definition) is 4. The Labute approximate surface area is 94.8 Å². The summed E-state index contributed by atoms with van der Waals surface area (Å²) >= 11 is 0. The lowest BCUT2D eigenvalue weighted by atomic mass is 10.0. The predicted molar refractivity (Wildman–Crippen MR) is 60.6 cm³/mol. The Bertz CT molecular complexity index is 307. The first-order valence-electron chi connectivity index (χ1n) is 5.44. The highest BCUT2D eigenvalue weighted by molar-refractivity contribution is 5.45. The summed E-state index contributed by atoms with van der Waals surface area (Å²) in [7, 11) is 0. The molecule has 1 aromatic rings. The lowest BCUT2D eigenvalue weighted by Gasteiger charge is -2.09. The number of aliphatic hydroxyl groups is 2. The van der Waals surface area contributed by atoms with E-state index in [0.717, 1.165) is 11.1 Å². The van der Waals surface area contributed by atoms with Crippen LogP contribution in [0.5, 0.6) is 11.5 Å². The molecular weight excluding hydrogens is 208 g/mol. The van der Waals surface area contributed by atoms with Crippen LogP contribution in [0.15, 0.2) is 12.1 Å². The van der Waals surface area contributed by atoms with Crippen LogP contribution in [0.25, 0.3) is 0 Å².